The number of hydrogen-bond acceptors (Lipinski definition) is 1. The smallest absolute Gasteiger partial charge is 0.0207 e. The fraction of sp³-hybridized carbons (Fsp3) is 0.368. The molecule has 106 valence electrons. The Kier molecular flexibility index (Phi) is 5.82. The lowest BCUT2D eigenvalue weighted by Crippen LogP contribution is -2.25. The van der Waals surface area contributed by atoms with Gasteiger partial charge in [-0.1, -0.05) is 61.5 Å². The van der Waals surface area contributed by atoms with Crippen molar-refractivity contribution in [2.24, 2.45) is 0 Å². The van der Waals surface area contributed by atoms with E-state index in [9.17, 15) is 0 Å². The Hall–Kier alpha value is -1.60. The van der Waals surface area contributed by atoms with Gasteiger partial charge in [-0.05, 0) is 42.9 Å². The Morgan fingerprint density at radius 2 is 1.50 bits per heavy atom. The Morgan fingerprint density at radius 3 is 2.15 bits per heavy atom. The number of aryl methyl sites for hydroxylation is 2. The molecule has 20 heavy (non-hydrogen) atoms. The maximum atomic E-state index is 3.61. The first-order valence-corrected chi connectivity index (χ1v) is 7.63. The van der Waals surface area contributed by atoms with Crippen molar-refractivity contribution >= 4 is 0 Å². The monoisotopic (exact) mass is 267 g/mol. The minimum absolute atomic E-state index is 0.543. The molecule has 0 amide bonds. The van der Waals surface area contributed by atoms with Crippen molar-refractivity contribution in [2.45, 2.75) is 45.7 Å². The summed E-state index contributed by atoms with van der Waals surface area (Å²) in [5.74, 6) is 0. The first kappa shape index (κ1) is 14.8. The highest BCUT2D eigenvalue weighted by molar-refractivity contribution is 5.22. The molecule has 0 aliphatic rings. The second-order valence-corrected chi connectivity index (χ2v) is 5.48. The summed E-state index contributed by atoms with van der Waals surface area (Å²) in [5, 5.41) is 3.61. The lowest BCUT2D eigenvalue weighted by molar-refractivity contribution is 0.514. The van der Waals surface area contributed by atoms with Crippen LogP contribution in [0.25, 0.3) is 0 Å². The zero-order valence-electron chi connectivity index (χ0n) is 12.6. The van der Waals surface area contributed by atoms with E-state index in [0.717, 1.165) is 19.4 Å². The van der Waals surface area contributed by atoms with Crippen LogP contribution in [0.1, 0.15) is 37.0 Å². The SMILES string of the molecule is CCc1ccc(CN[C@H](C)CCc2ccccc2)cc1. The van der Waals surface area contributed by atoms with Gasteiger partial charge in [-0.25, -0.2) is 0 Å². The third kappa shape index (κ3) is 4.82. The van der Waals surface area contributed by atoms with Gasteiger partial charge < -0.3 is 5.32 Å². The summed E-state index contributed by atoms with van der Waals surface area (Å²) in [6.07, 6.45) is 3.43. The Bertz CT molecular complexity index is 487. The van der Waals surface area contributed by atoms with Crippen molar-refractivity contribution in [3.05, 3.63) is 71.3 Å². The fourth-order valence-electron chi connectivity index (χ4n) is 2.31. The molecule has 2 rings (SSSR count). The molecule has 1 atom stereocenters. The van der Waals surface area contributed by atoms with Gasteiger partial charge in [-0.3, -0.25) is 0 Å². The van der Waals surface area contributed by atoms with Crippen LogP contribution in [0.3, 0.4) is 0 Å². The largest absolute Gasteiger partial charge is 0.310 e. The van der Waals surface area contributed by atoms with Crippen LogP contribution < -0.4 is 5.32 Å². The summed E-state index contributed by atoms with van der Waals surface area (Å²) < 4.78 is 0. The van der Waals surface area contributed by atoms with E-state index in [1.165, 1.54) is 23.1 Å². The Balaban J connectivity index is 1.73. The fourth-order valence-corrected chi connectivity index (χ4v) is 2.31. The molecule has 0 unspecified atom stereocenters. The van der Waals surface area contributed by atoms with E-state index in [2.05, 4.69) is 73.8 Å². The molecule has 0 fully saturated rings. The first-order valence-electron chi connectivity index (χ1n) is 7.63. The summed E-state index contributed by atoms with van der Waals surface area (Å²) in [4.78, 5) is 0. The number of benzene rings is 2. The van der Waals surface area contributed by atoms with Gasteiger partial charge in [0.05, 0.1) is 0 Å². The van der Waals surface area contributed by atoms with Crippen molar-refractivity contribution in [1.29, 1.82) is 0 Å². The van der Waals surface area contributed by atoms with Gasteiger partial charge in [-0.15, -0.1) is 0 Å². The molecule has 0 aliphatic carbocycles. The third-order valence-corrected chi connectivity index (χ3v) is 3.79. The molecule has 0 radical (unpaired) electrons. The minimum Gasteiger partial charge on any atom is -0.310 e. The normalized spacial score (nSPS) is 12.3. The summed E-state index contributed by atoms with van der Waals surface area (Å²) in [5.41, 5.74) is 4.20. The van der Waals surface area contributed by atoms with E-state index in [1.807, 2.05) is 0 Å². The quantitative estimate of drug-likeness (QED) is 0.786. The molecule has 0 aliphatic heterocycles. The molecule has 0 spiro atoms. The number of hydrogen-bond donors (Lipinski definition) is 1. The van der Waals surface area contributed by atoms with Gasteiger partial charge >= 0.3 is 0 Å². The van der Waals surface area contributed by atoms with Crippen LogP contribution in [0, 0.1) is 0 Å². The van der Waals surface area contributed by atoms with Crippen molar-refractivity contribution in [3.8, 4) is 0 Å². The standard InChI is InChI=1S/C19H25N/c1-3-17-11-13-19(14-12-17)15-20-16(2)9-10-18-7-5-4-6-8-18/h4-8,11-14,16,20H,3,9-10,15H2,1-2H3/t16-/m1/s1. The van der Waals surface area contributed by atoms with E-state index in [1.54, 1.807) is 0 Å². The van der Waals surface area contributed by atoms with Crippen LogP contribution in [0.4, 0.5) is 0 Å². The van der Waals surface area contributed by atoms with E-state index >= 15 is 0 Å². The zero-order valence-corrected chi connectivity index (χ0v) is 12.6. The van der Waals surface area contributed by atoms with E-state index in [-0.39, 0.29) is 0 Å². The van der Waals surface area contributed by atoms with Crippen LogP contribution >= 0.6 is 0 Å². The Morgan fingerprint density at radius 1 is 0.850 bits per heavy atom. The van der Waals surface area contributed by atoms with Gasteiger partial charge in [0.15, 0.2) is 0 Å². The Labute approximate surface area is 123 Å². The average Bonchev–Trinajstić information content (AvgIpc) is 2.52. The van der Waals surface area contributed by atoms with E-state index in [0.29, 0.717) is 6.04 Å². The lowest BCUT2D eigenvalue weighted by atomic mass is 10.1. The van der Waals surface area contributed by atoms with Crippen LogP contribution in [0.5, 0.6) is 0 Å². The first-order chi connectivity index (χ1) is 9.78. The van der Waals surface area contributed by atoms with Gasteiger partial charge in [-0.2, -0.15) is 0 Å². The molecule has 1 N–H and O–H groups in total. The average molecular weight is 267 g/mol. The molecule has 1 nitrogen and oxygen atoms in total. The van der Waals surface area contributed by atoms with Gasteiger partial charge in [0.25, 0.3) is 0 Å². The number of nitrogens with one attached hydrogen (secondary N) is 1. The van der Waals surface area contributed by atoms with Gasteiger partial charge in [0.1, 0.15) is 0 Å². The predicted octanol–water partition coefficient (Wildman–Crippen LogP) is 4.36. The molecule has 2 aromatic carbocycles. The van der Waals surface area contributed by atoms with Crippen LogP contribution in [0.2, 0.25) is 0 Å². The highest BCUT2D eigenvalue weighted by Crippen LogP contribution is 2.07. The minimum atomic E-state index is 0.543. The van der Waals surface area contributed by atoms with Crippen LogP contribution in [-0.4, -0.2) is 6.04 Å². The van der Waals surface area contributed by atoms with E-state index < -0.39 is 0 Å². The second-order valence-electron chi connectivity index (χ2n) is 5.48. The summed E-state index contributed by atoms with van der Waals surface area (Å²) in [7, 11) is 0. The molecular formula is C19H25N. The molecule has 0 aromatic heterocycles. The molecule has 0 heterocycles. The molecular weight excluding hydrogens is 242 g/mol. The highest BCUT2D eigenvalue weighted by Gasteiger charge is 2.02. The maximum Gasteiger partial charge on any atom is 0.0207 e. The second kappa shape index (κ2) is 7.86. The molecule has 0 saturated carbocycles. The van der Waals surface area contributed by atoms with Crippen LogP contribution in [0.15, 0.2) is 54.6 Å². The molecule has 0 saturated heterocycles. The van der Waals surface area contributed by atoms with Crippen molar-refractivity contribution < 1.29 is 0 Å². The zero-order chi connectivity index (χ0) is 14.2. The predicted molar refractivity (Wildman–Crippen MR) is 86.9 cm³/mol. The van der Waals surface area contributed by atoms with Crippen molar-refractivity contribution in [3.63, 3.8) is 0 Å². The lowest BCUT2D eigenvalue weighted by Gasteiger charge is -2.14. The highest BCUT2D eigenvalue weighted by atomic mass is 14.9. The van der Waals surface area contributed by atoms with Gasteiger partial charge in [0, 0.05) is 12.6 Å². The number of rotatable bonds is 7. The molecule has 1 heteroatoms. The third-order valence-electron chi connectivity index (χ3n) is 3.79. The van der Waals surface area contributed by atoms with Crippen molar-refractivity contribution in [2.75, 3.05) is 0 Å². The molecule has 0 bridgehead atoms. The van der Waals surface area contributed by atoms with Crippen LogP contribution in [-0.2, 0) is 19.4 Å². The molecule has 2 aromatic rings. The summed E-state index contributed by atoms with van der Waals surface area (Å²) in [6.45, 7) is 5.42. The van der Waals surface area contributed by atoms with Crippen molar-refractivity contribution in [1.82, 2.24) is 5.32 Å². The van der Waals surface area contributed by atoms with Gasteiger partial charge in [0.2, 0.25) is 0 Å². The maximum absolute atomic E-state index is 3.61. The van der Waals surface area contributed by atoms with E-state index in [4.69, 9.17) is 0 Å². The summed E-state index contributed by atoms with van der Waals surface area (Å²) in [6, 6.07) is 20.2. The summed E-state index contributed by atoms with van der Waals surface area (Å²) >= 11 is 0. The topological polar surface area (TPSA) is 12.0 Å².